The smallest absolute Gasteiger partial charge is 0.342 e. The van der Waals surface area contributed by atoms with Gasteiger partial charge in [-0.1, -0.05) is 121 Å². The first-order valence-electron chi connectivity index (χ1n) is 13.5. The van der Waals surface area contributed by atoms with Crippen LogP contribution in [0.1, 0.15) is 34.6 Å². The Balaban J connectivity index is 1.50. The zero-order valence-electron chi connectivity index (χ0n) is 21.4. The standard InChI is InChI=1S/C34H30O5/c35-29-21-28(26-17-9-3-10-18-26)31(22-24-13-5-1-6-14-24)34(33(29,37)27-19-11-4-12-20-27)32(39-34,30(36)38-31)23-25-15-7-2-8-16-25/h1-20,28-29,35,37H,21-23H2. The van der Waals surface area contributed by atoms with Gasteiger partial charge in [0.15, 0.2) is 16.8 Å². The second kappa shape index (κ2) is 8.62. The van der Waals surface area contributed by atoms with E-state index >= 15 is 0 Å². The predicted molar refractivity (Wildman–Crippen MR) is 146 cm³/mol. The van der Waals surface area contributed by atoms with E-state index in [1.807, 2.05) is 109 Å². The molecule has 3 aliphatic rings. The number of ether oxygens (including phenoxy) is 2. The fourth-order valence-corrected chi connectivity index (χ4v) is 7.49. The van der Waals surface area contributed by atoms with Crippen molar-refractivity contribution in [2.75, 3.05) is 0 Å². The molecule has 2 N–H and O–H groups in total. The summed E-state index contributed by atoms with van der Waals surface area (Å²) in [5, 5.41) is 24.7. The van der Waals surface area contributed by atoms with Gasteiger partial charge in [-0.05, 0) is 28.7 Å². The van der Waals surface area contributed by atoms with E-state index in [9.17, 15) is 15.0 Å². The molecule has 3 fully saturated rings. The van der Waals surface area contributed by atoms with Crippen molar-refractivity contribution in [1.82, 2.24) is 0 Å². The summed E-state index contributed by atoms with van der Waals surface area (Å²) in [6, 6.07) is 38.5. The van der Waals surface area contributed by atoms with Gasteiger partial charge in [-0.25, -0.2) is 4.79 Å². The van der Waals surface area contributed by atoms with Crippen molar-refractivity contribution < 1.29 is 24.5 Å². The lowest BCUT2D eigenvalue weighted by Gasteiger charge is -2.54. The van der Waals surface area contributed by atoms with Crippen LogP contribution in [-0.2, 0) is 32.7 Å². The Morgan fingerprint density at radius 2 is 1.23 bits per heavy atom. The molecule has 196 valence electrons. The zero-order valence-corrected chi connectivity index (χ0v) is 21.4. The lowest BCUT2D eigenvalue weighted by Crippen LogP contribution is -2.70. The highest BCUT2D eigenvalue weighted by Crippen LogP contribution is 2.76. The maximum atomic E-state index is 14.2. The van der Waals surface area contributed by atoms with Crippen molar-refractivity contribution in [2.24, 2.45) is 0 Å². The molecule has 1 spiro atoms. The first kappa shape index (κ1) is 24.3. The lowest BCUT2D eigenvalue weighted by atomic mass is 9.52. The van der Waals surface area contributed by atoms with E-state index in [1.165, 1.54) is 0 Å². The molecular formula is C34H30O5. The van der Waals surface area contributed by atoms with Gasteiger partial charge in [-0.3, -0.25) is 0 Å². The van der Waals surface area contributed by atoms with Gasteiger partial charge in [0.05, 0.1) is 6.10 Å². The maximum Gasteiger partial charge on any atom is 0.342 e. The predicted octanol–water partition coefficient (Wildman–Crippen LogP) is 4.71. The minimum absolute atomic E-state index is 0.196. The monoisotopic (exact) mass is 518 g/mol. The molecule has 0 bridgehead atoms. The van der Waals surface area contributed by atoms with Crippen molar-refractivity contribution in [3.8, 4) is 0 Å². The van der Waals surface area contributed by atoms with E-state index in [-0.39, 0.29) is 12.8 Å². The largest absolute Gasteiger partial charge is 0.452 e. The molecule has 5 nitrogen and oxygen atoms in total. The highest BCUT2D eigenvalue weighted by atomic mass is 16.7. The molecule has 6 atom stereocenters. The number of hydrogen-bond acceptors (Lipinski definition) is 5. The zero-order chi connectivity index (χ0) is 26.7. The highest BCUT2D eigenvalue weighted by Gasteiger charge is 2.98. The summed E-state index contributed by atoms with van der Waals surface area (Å²) in [6.07, 6.45) is -0.451. The normalized spacial score (nSPS) is 34.6. The average molecular weight is 519 g/mol. The van der Waals surface area contributed by atoms with Crippen molar-refractivity contribution in [3.05, 3.63) is 144 Å². The van der Waals surface area contributed by atoms with Crippen LogP contribution < -0.4 is 0 Å². The Bertz CT molecular complexity index is 1490. The summed E-state index contributed by atoms with van der Waals surface area (Å²) in [6.45, 7) is 0. The first-order valence-corrected chi connectivity index (χ1v) is 13.5. The molecular weight excluding hydrogens is 488 g/mol. The minimum atomic E-state index is -1.89. The van der Waals surface area contributed by atoms with Gasteiger partial charge in [0.1, 0.15) is 0 Å². The van der Waals surface area contributed by atoms with Gasteiger partial charge in [-0.2, -0.15) is 0 Å². The lowest BCUT2D eigenvalue weighted by molar-refractivity contribution is -0.237. The van der Waals surface area contributed by atoms with E-state index in [2.05, 4.69) is 0 Å². The summed E-state index contributed by atoms with van der Waals surface area (Å²) in [5.41, 5.74) is -2.86. The summed E-state index contributed by atoms with van der Waals surface area (Å²) >= 11 is 0. The Labute approximate surface area is 227 Å². The van der Waals surface area contributed by atoms with Crippen LogP contribution in [0, 0.1) is 0 Å². The van der Waals surface area contributed by atoms with Gasteiger partial charge >= 0.3 is 5.97 Å². The topological polar surface area (TPSA) is 79.3 Å². The molecule has 4 aromatic rings. The quantitative estimate of drug-likeness (QED) is 0.286. The summed E-state index contributed by atoms with van der Waals surface area (Å²) in [4.78, 5) is 14.2. The van der Waals surface area contributed by atoms with E-state index in [1.54, 1.807) is 12.1 Å². The van der Waals surface area contributed by atoms with Gasteiger partial charge in [0, 0.05) is 18.8 Å². The number of benzene rings is 4. The Kier molecular flexibility index (Phi) is 5.37. The fourth-order valence-electron chi connectivity index (χ4n) is 7.49. The third-order valence-electron chi connectivity index (χ3n) is 9.12. The fraction of sp³-hybridized carbons (Fsp3) is 0.265. The molecule has 6 unspecified atom stereocenters. The second-order valence-electron chi connectivity index (χ2n) is 11.1. The summed E-state index contributed by atoms with van der Waals surface area (Å²) in [5.74, 6) is -0.909. The second-order valence-corrected chi connectivity index (χ2v) is 11.1. The Hall–Kier alpha value is -3.77. The third kappa shape index (κ3) is 3.15. The van der Waals surface area contributed by atoms with Crippen molar-refractivity contribution in [1.29, 1.82) is 0 Å². The van der Waals surface area contributed by atoms with Crippen LogP contribution in [0.3, 0.4) is 0 Å². The molecule has 0 radical (unpaired) electrons. The van der Waals surface area contributed by atoms with Crippen molar-refractivity contribution >= 4 is 5.97 Å². The number of carbonyl (C=O) groups is 1. The number of aliphatic hydroxyl groups is 2. The molecule has 2 heterocycles. The van der Waals surface area contributed by atoms with Crippen LogP contribution in [0.25, 0.3) is 0 Å². The molecule has 5 heteroatoms. The van der Waals surface area contributed by atoms with Crippen LogP contribution in [0.2, 0.25) is 0 Å². The average Bonchev–Trinajstić information content (AvgIpc) is 3.62. The molecule has 7 rings (SSSR count). The van der Waals surface area contributed by atoms with Crippen molar-refractivity contribution in [2.45, 2.75) is 53.7 Å². The van der Waals surface area contributed by atoms with E-state index in [4.69, 9.17) is 9.47 Å². The highest BCUT2D eigenvalue weighted by molar-refractivity contribution is 5.92. The van der Waals surface area contributed by atoms with E-state index in [0.717, 1.165) is 16.7 Å². The summed E-state index contributed by atoms with van der Waals surface area (Å²) in [7, 11) is 0. The van der Waals surface area contributed by atoms with Crippen LogP contribution >= 0.6 is 0 Å². The van der Waals surface area contributed by atoms with Gasteiger partial charge in [0.25, 0.3) is 0 Å². The number of aliphatic hydroxyl groups excluding tert-OH is 1. The number of rotatable bonds is 6. The summed E-state index contributed by atoms with van der Waals surface area (Å²) < 4.78 is 13.3. The van der Waals surface area contributed by atoms with Gasteiger partial charge in [0.2, 0.25) is 5.60 Å². The van der Waals surface area contributed by atoms with Crippen LogP contribution in [-0.4, -0.2) is 39.1 Å². The van der Waals surface area contributed by atoms with E-state index < -0.39 is 40.4 Å². The first-order chi connectivity index (χ1) is 19.0. The maximum absolute atomic E-state index is 14.2. The van der Waals surface area contributed by atoms with Crippen LogP contribution in [0.15, 0.2) is 121 Å². The van der Waals surface area contributed by atoms with Crippen LogP contribution in [0.5, 0.6) is 0 Å². The molecule has 1 aliphatic carbocycles. The van der Waals surface area contributed by atoms with Gasteiger partial charge < -0.3 is 19.7 Å². The van der Waals surface area contributed by atoms with E-state index in [0.29, 0.717) is 12.0 Å². The van der Waals surface area contributed by atoms with Crippen LogP contribution in [0.4, 0.5) is 0 Å². The number of esters is 1. The Morgan fingerprint density at radius 1 is 0.718 bits per heavy atom. The molecule has 0 aromatic heterocycles. The molecule has 39 heavy (non-hydrogen) atoms. The third-order valence-corrected chi connectivity index (χ3v) is 9.12. The Morgan fingerprint density at radius 3 is 1.82 bits per heavy atom. The minimum Gasteiger partial charge on any atom is -0.452 e. The molecule has 4 aromatic carbocycles. The molecule has 2 saturated heterocycles. The number of epoxide rings is 1. The molecule has 0 amide bonds. The SMILES string of the molecule is O=C1OC2(Cc3ccccc3)C(c3ccccc3)CC(O)C(O)(c3ccccc3)C23OC13Cc1ccccc1. The number of hydrogen-bond donors (Lipinski definition) is 2. The molecule has 2 aliphatic heterocycles. The van der Waals surface area contributed by atoms with Gasteiger partial charge in [-0.15, -0.1) is 0 Å². The number of carbonyl (C=O) groups excluding carboxylic acids is 1. The van der Waals surface area contributed by atoms with Crippen molar-refractivity contribution in [3.63, 3.8) is 0 Å². The molecule has 1 saturated carbocycles.